The van der Waals surface area contributed by atoms with Crippen LogP contribution in [0.15, 0.2) is 0 Å². The minimum Gasteiger partial charge on any atom is -0.481 e. The predicted octanol–water partition coefficient (Wildman–Crippen LogP) is -0.551. The lowest BCUT2D eigenvalue weighted by Gasteiger charge is -2.21. The zero-order chi connectivity index (χ0) is 15.1. The molecule has 8 nitrogen and oxygen atoms in total. The molecule has 0 rings (SSSR count). The molecular weight excluding hydrogens is 254 g/mol. The van der Waals surface area contributed by atoms with Crippen LogP contribution in [0.3, 0.4) is 0 Å². The molecule has 0 radical (unpaired) electrons. The van der Waals surface area contributed by atoms with Crippen molar-refractivity contribution in [3.63, 3.8) is 0 Å². The van der Waals surface area contributed by atoms with Gasteiger partial charge in [-0.25, -0.2) is 4.79 Å². The van der Waals surface area contributed by atoms with Crippen LogP contribution in [0.2, 0.25) is 0 Å². The van der Waals surface area contributed by atoms with Crippen molar-refractivity contribution in [1.29, 1.82) is 0 Å². The highest BCUT2D eigenvalue weighted by molar-refractivity contribution is 5.96. The highest BCUT2D eigenvalue weighted by Crippen LogP contribution is 2.24. The third-order valence-corrected chi connectivity index (χ3v) is 2.21. The van der Waals surface area contributed by atoms with Crippen molar-refractivity contribution in [1.82, 2.24) is 16.0 Å². The molecule has 0 spiro atoms. The Morgan fingerprint density at radius 3 is 2.11 bits per heavy atom. The number of rotatable bonds is 6. The van der Waals surface area contributed by atoms with Crippen molar-refractivity contribution >= 4 is 23.8 Å². The summed E-state index contributed by atoms with van der Waals surface area (Å²) in [5, 5.41) is 15.2. The molecule has 0 aromatic rings. The maximum Gasteiger partial charge on any atom is 0.321 e. The highest BCUT2D eigenvalue weighted by Gasteiger charge is 2.25. The third-order valence-electron chi connectivity index (χ3n) is 2.21. The quantitative estimate of drug-likeness (QED) is 0.517. The summed E-state index contributed by atoms with van der Waals surface area (Å²) in [5.41, 5.74) is -0.753. The summed E-state index contributed by atoms with van der Waals surface area (Å²) >= 11 is 0. The van der Waals surface area contributed by atoms with Gasteiger partial charge in [-0.15, -0.1) is 0 Å². The minimum absolute atomic E-state index is 0.104. The van der Waals surface area contributed by atoms with Gasteiger partial charge in [0.1, 0.15) is 0 Å². The first-order chi connectivity index (χ1) is 8.66. The predicted molar refractivity (Wildman–Crippen MR) is 66.3 cm³/mol. The minimum atomic E-state index is -1.01. The van der Waals surface area contributed by atoms with Crippen LogP contribution in [-0.2, 0) is 14.4 Å². The Kier molecular flexibility index (Phi) is 6.53. The maximum absolute atomic E-state index is 11.5. The van der Waals surface area contributed by atoms with Gasteiger partial charge in [0.15, 0.2) is 0 Å². The molecule has 0 bridgehead atoms. The van der Waals surface area contributed by atoms with E-state index in [-0.39, 0.29) is 19.4 Å². The Morgan fingerprint density at radius 1 is 1.05 bits per heavy atom. The Bertz CT molecular complexity index is 379. The Balaban J connectivity index is 4.13. The van der Waals surface area contributed by atoms with Crippen molar-refractivity contribution in [3.8, 4) is 0 Å². The highest BCUT2D eigenvalue weighted by atomic mass is 16.4. The maximum atomic E-state index is 11.5. The molecule has 0 atom stereocenters. The molecule has 0 fully saturated rings. The molecule has 4 N–H and O–H groups in total. The van der Waals surface area contributed by atoms with Crippen LogP contribution in [0.4, 0.5) is 4.79 Å². The summed E-state index contributed by atoms with van der Waals surface area (Å²) in [6.07, 6.45) is -0.285. The first kappa shape index (κ1) is 16.9. The average Bonchev–Trinajstić information content (AvgIpc) is 2.22. The van der Waals surface area contributed by atoms with E-state index in [2.05, 4.69) is 10.6 Å². The van der Waals surface area contributed by atoms with Gasteiger partial charge in [-0.05, 0) is 5.41 Å². The fourth-order valence-electron chi connectivity index (χ4n) is 1.37. The number of urea groups is 1. The van der Waals surface area contributed by atoms with E-state index in [1.807, 2.05) is 5.32 Å². The first-order valence-electron chi connectivity index (χ1n) is 5.66. The Morgan fingerprint density at radius 2 is 1.63 bits per heavy atom. The summed E-state index contributed by atoms with van der Waals surface area (Å²) < 4.78 is 0. The largest absolute Gasteiger partial charge is 0.481 e. The van der Waals surface area contributed by atoms with E-state index in [0.29, 0.717) is 0 Å². The second-order valence-corrected chi connectivity index (χ2v) is 4.82. The molecule has 0 aliphatic rings. The van der Waals surface area contributed by atoms with Crippen molar-refractivity contribution in [2.45, 2.75) is 26.7 Å². The van der Waals surface area contributed by atoms with Gasteiger partial charge in [0, 0.05) is 13.5 Å². The zero-order valence-corrected chi connectivity index (χ0v) is 11.2. The average molecular weight is 273 g/mol. The smallest absolute Gasteiger partial charge is 0.321 e. The summed E-state index contributed by atoms with van der Waals surface area (Å²) in [5.74, 6) is -2.00. The second-order valence-electron chi connectivity index (χ2n) is 4.82. The molecule has 8 heteroatoms. The number of hydrogen-bond donors (Lipinski definition) is 4. The number of aliphatic carboxylic acids is 1. The number of carbonyl (C=O) groups excluding carboxylic acids is 3. The van der Waals surface area contributed by atoms with Crippen LogP contribution in [0, 0.1) is 5.41 Å². The van der Waals surface area contributed by atoms with E-state index < -0.39 is 29.2 Å². The fourth-order valence-corrected chi connectivity index (χ4v) is 1.37. The van der Waals surface area contributed by atoms with E-state index in [1.165, 1.54) is 7.05 Å². The lowest BCUT2D eigenvalue weighted by Crippen LogP contribution is -2.44. The third kappa shape index (κ3) is 8.58. The summed E-state index contributed by atoms with van der Waals surface area (Å²) in [6.45, 7) is 2.99. The summed E-state index contributed by atoms with van der Waals surface area (Å²) in [6, 6.07) is -0.792. The molecular formula is C11H19N3O5. The van der Waals surface area contributed by atoms with Gasteiger partial charge in [0.2, 0.25) is 11.8 Å². The molecule has 0 saturated carbocycles. The van der Waals surface area contributed by atoms with Gasteiger partial charge in [-0.3, -0.25) is 19.7 Å². The van der Waals surface area contributed by atoms with E-state index in [1.54, 1.807) is 13.8 Å². The number of carbonyl (C=O) groups is 4. The van der Waals surface area contributed by atoms with Crippen LogP contribution in [0.25, 0.3) is 0 Å². The topological polar surface area (TPSA) is 125 Å². The standard InChI is InChI=1S/C11H19N3O5/c1-11(2,5-9(17)18)4-7(15)14-10(19)13-6-8(16)12-3/h4-6H2,1-3H3,(H,12,16)(H,17,18)(H2,13,14,15,19). The van der Waals surface area contributed by atoms with Crippen molar-refractivity contribution in [2.75, 3.05) is 13.6 Å². The number of carboxylic acids is 1. The van der Waals surface area contributed by atoms with Gasteiger partial charge >= 0.3 is 12.0 Å². The number of hydrogen-bond acceptors (Lipinski definition) is 4. The zero-order valence-electron chi connectivity index (χ0n) is 11.2. The molecule has 4 amide bonds. The lowest BCUT2D eigenvalue weighted by molar-refractivity contribution is -0.139. The van der Waals surface area contributed by atoms with Crippen LogP contribution in [-0.4, -0.2) is 42.5 Å². The summed E-state index contributed by atoms with van der Waals surface area (Å²) in [7, 11) is 1.42. The molecule has 0 aromatic heterocycles. The van der Waals surface area contributed by atoms with Crippen molar-refractivity contribution in [3.05, 3.63) is 0 Å². The number of amides is 4. The van der Waals surface area contributed by atoms with E-state index in [4.69, 9.17) is 5.11 Å². The number of nitrogens with one attached hydrogen (secondary N) is 3. The molecule has 0 unspecified atom stereocenters. The Labute approximate surface area is 110 Å². The fraction of sp³-hybridized carbons (Fsp3) is 0.636. The van der Waals surface area contributed by atoms with Crippen LogP contribution in [0.1, 0.15) is 26.7 Å². The normalized spacial score (nSPS) is 10.5. The number of likely N-dealkylation sites (N-methyl/N-ethyl adjacent to an activating group) is 1. The lowest BCUT2D eigenvalue weighted by atomic mass is 9.85. The Hall–Kier alpha value is -2.12. The van der Waals surface area contributed by atoms with Gasteiger partial charge in [0.05, 0.1) is 13.0 Å². The number of carboxylic acid groups (broad SMARTS) is 1. The van der Waals surface area contributed by atoms with Crippen molar-refractivity contribution in [2.24, 2.45) is 5.41 Å². The van der Waals surface area contributed by atoms with Gasteiger partial charge in [-0.2, -0.15) is 0 Å². The van der Waals surface area contributed by atoms with Gasteiger partial charge < -0.3 is 15.7 Å². The van der Waals surface area contributed by atoms with Crippen LogP contribution >= 0.6 is 0 Å². The van der Waals surface area contributed by atoms with E-state index >= 15 is 0 Å². The molecule has 0 heterocycles. The van der Waals surface area contributed by atoms with Gasteiger partial charge in [0.25, 0.3) is 0 Å². The molecule has 0 aliphatic heterocycles. The SMILES string of the molecule is CNC(=O)CNC(=O)NC(=O)CC(C)(C)CC(=O)O. The summed E-state index contributed by atoms with van der Waals surface area (Å²) in [4.78, 5) is 44.2. The second kappa shape index (κ2) is 7.34. The molecule has 108 valence electrons. The molecule has 0 saturated heterocycles. The monoisotopic (exact) mass is 273 g/mol. The van der Waals surface area contributed by atoms with Crippen molar-refractivity contribution < 1.29 is 24.3 Å². The van der Waals surface area contributed by atoms with E-state index in [9.17, 15) is 19.2 Å². The van der Waals surface area contributed by atoms with Crippen LogP contribution in [0.5, 0.6) is 0 Å². The van der Waals surface area contributed by atoms with Crippen LogP contribution < -0.4 is 16.0 Å². The molecule has 0 aliphatic carbocycles. The molecule has 19 heavy (non-hydrogen) atoms. The number of imide groups is 1. The van der Waals surface area contributed by atoms with Gasteiger partial charge in [-0.1, -0.05) is 13.8 Å². The molecule has 0 aromatic carbocycles. The van der Waals surface area contributed by atoms with E-state index in [0.717, 1.165) is 0 Å². The first-order valence-corrected chi connectivity index (χ1v) is 5.66.